The molecule has 0 bridgehead atoms. The molecule has 0 aliphatic rings. The van der Waals surface area contributed by atoms with Crippen molar-refractivity contribution in [2.24, 2.45) is 0 Å². The largest absolute Gasteiger partial charge is 0.468 e. The Balaban J connectivity index is 1.95. The fourth-order valence-electron chi connectivity index (χ4n) is 1.57. The van der Waals surface area contributed by atoms with Crippen LogP contribution in [0, 0.1) is 0 Å². The van der Waals surface area contributed by atoms with E-state index in [-0.39, 0.29) is 0 Å². The molecule has 96 valence electrons. The average molecular weight is 326 g/mol. The first-order valence-electron chi connectivity index (χ1n) is 5.94. The highest BCUT2D eigenvalue weighted by atomic mass is 79.9. The molecule has 2 aromatic rings. The van der Waals surface area contributed by atoms with Crippen LogP contribution in [0.25, 0.3) is 0 Å². The highest BCUT2D eigenvalue weighted by Crippen LogP contribution is 2.27. The summed E-state index contributed by atoms with van der Waals surface area (Å²) in [7, 11) is 0. The van der Waals surface area contributed by atoms with Gasteiger partial charge in [0, 0.05) is 15.9 Å². The summed E-state index contributed by atoms with van der Waals surface area (Å²) in [5.41, 5.74) is 1.29. The van der Waals surface area contributed by atoms with Gasteiger partial charge in [-0.3, -0.25) is 0 Å². The number of thioether (sulfide) groups is 1. The summed E-state index contributed by atoms with van der Waals surface area (Å²) in [6.07, 6.45) is 1.71. The van der Waals surface area contributed by atoms with Gasteiger partial charge in [-0.1, -0.05) is 28.9 Å². The number of nitrogens with one attached hydrogen (secondary N) is 1. The van der Waals surface area contributed by atoms with E-state index in [2.05, 4.69) is 46.4 Å². The lowest BCUT2D eigenvalue weighted by Crippen LogP contribution is -2.11. The lowest BCUT2D eigenvalue weighted by atomic mass is 10.2. The van der Waals surface area contributed by atoms with E-state index in [1.54, 1.807) is 18.0 Å². The average Bonchev–Trinajstić information content (AvgIpc) is 2.88. The summed E-state index contributed by atoms with van der Waals surface area (Å²) in [5.74, 6) is 1.87. The third-order valence-electron chi connectivity index (χ3n) is 2.55. The molecule has 0 amide bonds. The van der Waals surface area contributed by atoms with Gasteiger partial charge in [-0.2, -0.15) is 0 Å². The fraction of sp³-hybridized carbons (Fsp3) is 0.286. The Kier molecular flexibility index (Phi) is 5.35. The van der Waals surface area contributed by atoms with Crippen LogP contribution in [-0.4, -0.2) is 6.54 Å². The van der Waals surface area contributed by atoms with Gasteiger partial charge in [0.15, 0.2) is 0 Å². The Hall–Kier alpha value is -0.710. The van der Waals surface area contributed by atoms with Crippen LogP contribution >= 0.6 is 27.7 Å². The molecule has 1 heterocycles. The quantitative estimate of drug-likeness (QED) is 0.794. The summed E-state index contributed by atoms with van der Waals surface area (Å²) in [6, 6.07) is 10.4. The molecule has 0 aliphatic heterocycles. The minimum Gasteiger partial charge on any atom is -0.468 e. The molecule has 0 atom stereocenters. The van der Waals surface area contributed by atoms with E-state index < -0.39 is 0 Å². The SMILES string of the molecule is CCNCc1ccc(SCc2ccco2)cc1Br. The number of hydrogen-bond acceptors (Lipinski definition) is 3. The zero-order valence-corrected chi connectivity index (χ0v) is 12.7. The van der Waals surface area contributed by atoms with E-state index in [9.17, 15) is 0 Å². The standard InChI is InChI=1S/C14H16BrNOS/c1-2-16-9-11-5-6-13(8-14(11)15)18-10-12-4-3-7-17-12/h3-8,16H,2,9-10H2,1H3. The second-order valence-corrected chi connectivity index (χ2v) is 5.80. The predicted octanol–water partition coefficient (Wildman–Crippen LogP) is 4.44. The maximum absolute atomic E-state index is 5.32. The van der Waals surface area contributed by atoms with Gasteiger partial charge < -0.3 is 9.73 Å². The second kappa shape index (κ2) is 7.02. The summed E-state index contributed by atoms with van der Waals surface area (Å²) in [6.45, 7) is 4.00. The number of rotatable bonds is 6. The predicted molar refractivity (Wildman–Crippen MR) is 79.8 cm³/mol. The molecule has 18 heavy (non-hydrogen) atoms. The molecule has 0 unspecified atom stereocenters. The molecule has 2 nitrogen and oxygen atoms in total. The van der Waals surface area contributed by atoms with Crippen molar-refractivity contribution >= 4 is 27.7 Å². The van der Waals surface area contributed by atoms with Crippen molar-refractivity contribution in [1.29, 1.82) is 0 Å². The molecule has 0 aliphatic carbocycles. The summed E-state index contributed by atoms with van der Waals surface area (Å²) in [4.78, 5) is 1.25. The topological polar surface area (TPSA) is 25.2 Å². The zero-order valence-electron chi connectivity index (χ0n) is 10.3. The third kappa shape index (κ3) is 3.90. The Morgan fingerprint density at radius 1 is 1.33 bits per heavy atom. The first kappa shape index (κ1) is 13.7. The van der Waals surface area contributed by atoms with Gasteiger partial charge in [0.25, 0.3) is 0 Å². The summed E-state index contributed by atoms with van der Waals surface area (Å²) >= 11 is 5.40. The van der Waals surface area contributed by atoms with Crippen LogP contribution in [0.5, 0.6) is 0 Å². The smallest absolute Gasteiger partial charge is 0.113 e. The van der Waals surface area contributed by atoms with Crippen LogP contribution in [0.15, 0.2) is 50.4 Å². The minimum atomic E-state index is 0.867. The molecular weight excluding hydrogens is 310 g/mol. The molecule has 0 fully saturated rings. The molecule has 1 N–H and O–H groups in total. The van der Waals surface area contributed by atoms with E-state index in [1.807, 2.05) is 12.1 Å². The molecule has 0 saturated carbocycles. The lowest BCUT2D eigenvalue weighted by molar-refractivity contribution is 0.530. The van der Waals surface area contributed by atoms with Crippen LogP contribution in [0.1, 0.15) is 18.2 Å². The molecule has 1 aromatic carbocycles. The van der Waals surface area contributed by atoms with Crippen molar-refractivity contribution in [3.05, 3.63) is 52.4 Å². The third-order valence-corrected chi connectivity index (χ3v) is 4.31. The van der Waals surface area contributed by atoms with E-state index in [4.69, 9.17) is 4.42 Å². The van der Waals surface area contributed by atoms with Gasteiger partial charge in [0.05, 0.1) is 12.0 Å². The Bertz CT molecular complexity index is 485. The first-order chi connectivity index (χ1) is 8.79. The van der Waals surface area contributed by atoms with E-state index >= 15 is 0 Å². The molecular formula is C14H16BrNOS. The van der Waals surface area contributed by atoms with Gasteiger partial charge in [-0.15, -0.1) is 11.8 Å². The molecule has 4 heteroatoms. The van der Waals surface area contributed by atoms with Crippen LogP contribution in [0.3, 0.4) is 0 Å². The minimum absolute atomic E-state index is 0.867. The van der Waals surface area contributed by atoms with Crippen molar-refractivity contribution in [1.82, 2.24) is 5.32 Å². The molecule has 0 spiro atoms. The van der Waals surface area contributed by atoms with Crippen molar-refractivity contribution in [2.75, 3.05) is 6.54 Å². The van der Waals surface area contributed by atoms with E-state index in [1.165, 1.54) is 10.5 Å². The van der Waals surface area contributed by atoms with Gasteiger partial charge in [0.2, 0.25) is 0 Å². The number of halogens is 1. The number of furan rings is 1. The van der Waals surface area contributed by atoms with Crippen molar-refractivity contribution in [2.45, 2.75) is 24.1 Å². The summed E-state index contributed by atoms with van der Waals surface area (Å²) in [5, 5.41) is 3.33. The highest BCUT2D eigenvalue weighted by Gasteiger charge is 2.03. The van der Waals surface area contributed by atoms with Gasteiger partial charge >= 0.3 is 0 Å². The molecule has 0 saturated heterocycles. The van der Waals surface area contributed by atoms with E-state index in [0.717, 1.165) is 29.1 Å². The first-order valence-corrected chi connectivity index (χ1v) is 7.71. The van der Waals surface area contributed by atoms with Crippen LogP contribution in [0.4, 0.5) is 0 Å². The van der Waals surface area contributed by atoms with Crippen LogP contribution in [-0.2, 0) is 12.3 Å². The van der Waals surface area contributed by atoms with Gasteiger partial charge in [-0.25, -0.2) is 0 Å². The fourth-order valence-corrected chi connectivity index (χ4v) is 3.08. The Morgan fingerprint density at radius 3 is 2.89 bits per heavy atom. The second-order valence-electron chi connectivity index (χ2n) is 3.90. The van der Waals surface area contributed by atoms with Crippen LogP contribution < -0.4 is 5.32 Å². The Labute approximate surface area is 120 Å². The van der Waals surface area contributed by atoms with Crippen molar-refractivity contribution in [3.8, 4) is 0 Å². The maximum atomic E-state index is 5.32. The summed E-state index contributed by atoms with van der Waals surface area (Å²) < 4.78 is 6.48. The molecule has 1 aromatic heterocycles. The van der Waals surface area contributed by atoms with E-state index in [0.29, 0.717) is 0 Å². The van der Waals surface area contributed by atoms with Crippen molar-refractivity contribution < 1.29 is 4.42 Å². The monoisotopic (exact) mass is 325 g/mol. The van der Waals surface area contributed by atoms with Crippen molar-refractivity contribution in [3.63, 3.8) is 0 Å². The van der Waals surface area contributed by atoms with Crippen LogP contribution in [0.2, 0.25) is 0 Å². The Morgan fingerprint density at radius 2 is 2.22 bits per heavy atom. The molecule has 2 rings (SSSR count). The molecule has 0 radical (unpaired) electrons. The highest BCUT2D eigenvalue weighted by molar-refractivity contribution is 9.10. The lowest BCUT2D eigenvalue weighted by Gasteiger charge is -2.07. The maximum Gasteiger partial charge on any atom is 0.113 e. The van der Waals surface area contributed by atoms with Gasteiger partial charge in [-0.05, 0) is 36.4 Å². The zero-order chi connectivity index (χ0) is 12.8. The normalized spacial score (nSPS) is 10.8. The van der Waals surface area contributed by atoms with Gasteiger partial charge in [0.1, 0.15) is 5.76 Å². The number of hydrogen-bond donors (Lipinski definition) is 1. The number of benzene rings is 1.